The van der Waals surface area contributed by atoms with Crippen molar-refractivity contribution < 1.29 is 0 Å². The summed E-state index contributed by atoms with van der Waals surface area (Å²) >= 11 is 0. The summed E-state index contributed by atoms with van der Waals surface area (Å²) in [6.45, 7) is 6.65. The smallest absolute Gasteiger partial charge is 0.0119 e. The van der Waals surface area contributed by atoms with Crippen LogP contribution in [-0.4, -0.2) is 0 Å². The van der Waals surface area contributed by atoms with E-state index in [2.05, 4.69) is 87.5 Å². The summed E-state index contributed by atoms with van der Waals surface area (Å²) in [5.74, 6) is 0. The molecule has 1 atom stereocenters. The minimum atomic E-state index is 0. The van der Waals surface area contributed by atoms with Crippen molar-refractivity contribution in [2.75, 3.05) is 0 Å². The van der Waals surface area contributed by atoms with Gasteiger partial charge in [0, 0.05) is 0 Å². The molecule has 0 N–H and O–H groups in total. The van der Waals surface area contributed by atoms with E-state index in [1.54, 1.807) is 0 Å². The summed E-state index contributed by atoms with van der Waals surface area (Å²) in [5, 5.41) is 0. The summed E-state index contributed by atoms with van der Waals surface area (Å²) in [7, 11) is 0. The van der Waals surface area contributed by atoms with Crippen molar-refractivity contribution in [1.29, 1.82) is 0 Å². The van der Waals surface area contributed by atoms with Crippen molar-refractivity contribution in [3.8, 4) is 22.3 Å². The maximum absolute atomic E-state index is 2.30. The van der Waals surface area contributed by atoms with Gasteiger partial charge in [0.05, 0.1) is 0 Å². The summed E-state index contributed by atoms with van der Waals surface area (Å²) in [6, 6.07) is 23.6. The second-order valence-corrected chi connectivity index (χ2v) is 5.62. The summed E-state index contributed by atoms with van der Waals surface area (Å²) < 4.78 is 0. The molecule has 3 aromatic rings. The van der Waals surface area contributed by atoms with Crippen molar-refractivity contribution in [3.05, 3.63) is 83.4 Å². The van der Waals surface area contributed by atoms with E-state index in [-0.39, 0.29) is 9.90 Å². The van der Waals surface area contributed by atoms with Crippen LogP contribution in [0.25, 0.3) is 22.3 Å². The first-order chi connectivity index (χ1) is 10.2. The molecule has 112 valence electrons. The Balaban J connectivity index is 0.00000176. The van der Waals surface area contributed by atoms with Crippen LogP contribution in [0.3, 0.4) is 0 Å². The standard InChI is InChI=1S/C21H20.H3P/c1-15-14-16(2)21(19-12-8-5-9-13-19)17(3)20(15)18-10-6-4-7-11-18;/h4-14H,1-3H3;1H3. The zero-order valence-corrected chi connectivity index (χ0v) is 15.0. The molecule has 0 saturated carbocycles. The molecule has 0 aliphatic heterocycles. The Bertz CT molecular complexity index is 695. The van der Waals surface area contributed by atoms with Gasteiger partial charge in [-0.05, 0) is 59.7 Å². The molecule has 3 rings (SSSR count). The fourth-order valence-electron chi connectivity index (χ4n) is 3.28. The topological polar surface area (TPSA) is 0 Å². The molecule has 0 bridgehead atoms. The Morgan fingerprint density at radius 1 is 0.545 bits per heavy atom. The zero-order chi connectivity index (χ0) is 14.8. The third-order valence-electron chi connectivity index (χ3n) is 4.10. The van der Waals surface area contributed by atoms with Crippen molar-refractivity contribution in [3.63, 3.8) is 0 Å². The van der Waals surface area contributed by atoms with Crippen molar-refractivity contribution in [1.82, 2.24) is 0 Å². The van der Waals surface area contributed by atoms with Gasteiger partial charge in [-0.1, -0.05) is 66.7 Å². The molecule has 22 heavy (non-hydrogen) atoms. The number of hydrogen-bond acceptors (Lipinski definition) is 0. The Morgan fingerprint density at radius 3 is 1.27 bits per heavy atom. The molecule has 0 saturated heterocycles. The molecule has 0 radical (unpaired) electrons. The van der Waals surface area contributed by atoms with E-state index in [1.165, 1.54) is 38.9 Å². The van der Waals surface area contributed by atoms with E-state index < -0.39 is 0 Å². The predicted octanol–water partition coefficient (Wildman–Crippen LogP) is 6.00. The fourth-order valence-corrected chi connectivity index (χ4v) is 3.28. The number of aryl methyl sites for hydroxylation is 2. The van der Waals surface area contributed by atoms with E-state index in [0.29, 0.717) is 0 Å². The van der Waals surface area contributed by atoms with Gasteiger partial charge < -0.3 is 0 Å². The molecule has 0 aliphatic carbocycles. The monoisotopic (exact) mass is 306 g/mol. The summed E-state index contributed by atoms with van der Waals surface area (Å²) in [4.78, 5) is 0. The largest absolute Gasteiger partial charge is 0.153 e. The molecule has 1 unspecified atom stereocenters. The van der Waals surface area contributed by atoms with Crippen LogP contribution in [-0.2, 0) is 0 Å². The van der Waals surface area contributed by atoms with E-state index in [4.69, 9.17) is 0 Å². The molecule has 0 aliphatic rings. The maximum Gasteiger partial charge on any atom is -0.0119 e. The van der Waals surface area contributed by atoms with Gasteiger partial charge in [0.25, 0.3) is 0 Å². The summed E-state index contributed by atoms with van der Waals surface area (Å²) in [6.07, 6.45) is 0. The molecule has 3 aromatic carbocycles. The molecule has 0 fully saturated rings. The van der Waals surface area contributed by atoms with Crippen LogP contribution in [0, 0.1) is 20.8 Å². The van der Waals surface area contributed by atoms with Crippen LogP contribution >= 0.6 is 9.90 Å². The summed E-state index contributed by atoms with van der Waals surface area (Å²) in [5.41, 5.74) is 9.37. The highest BCUT2D eigenvalue weighted by Gasteiger charge is 2.13. The van der Waals surface area contributed by atoms with Gasteiger partial charge in [0.1, 0.15) is 0 Å². The predicted molar refractivity (Wildman–Crippen MR) is 103 cm³/mol. The van der Waals surface area contributed by atoms with Gasteiger partial charge in [0.15, 0.2) is 0 Å². The number of rotatable bonds is 2. The van der Waals surface area contributed by atoms with Crippen LogP contribution in [0.2, 0.25) is 0 Å². The Hall–Kier alpha value is -1.91. The van der Waals surface area contributed by atoms with Crippen molar-refractivity contribution in [2.24, 2.45) is 0 Å². The molecule has 0 nitrogen and oxygen atoms in total. The minimum absolute atomic E-state index is 0. The molecule has 0 aromatic heterocycles. The molecular weight excluding hydrogens is 283 g/mol. The zero-order valence-electron chi connectivity index (χ0n) is 13.6. The fraction of sp³-hybridized carbons (Fsp3) is 0.143. The van der Waals surface area contributed by atoms with E-state index in [9.17, 15) is 0 Å². The highest BCUT2D eigenvalue weighted by Crippen LogP contribution is 2.36. The number of benzene rings is 3. The SMILES string of the molecule is Cc1cc(C)c(-c2ccccc2)c(C)c1-c1ccccc1.P. The first kappa shape index (κ1) is 16.5. The van der Waals surface area contributed by atoms with Gasteiger partial charge in [-0.25, -0.2) is 0 Å². The maximum atomic E-state index is 2.30. The minimum Gasteiger partial charge on any atom is -0.153 e. The van der Waals surface area contributed by atoms with Crippen molar-refractivity contribution >= 4 is 9.90 Å². The van der Waals surface area contributed by atoms with Gasteiger partial charge in [0.2, 0.25) is 0 Å². The van der Waals surface area contributed by atoms with Gasteiger partial charge >= 0.3 is 0 Å². The average molecular weight is 306 g/mol. The molecule has 0 amide bonds. The third kappa shape index (κ3) is 2.98. The molecule has 0 spiro atoms. The molecular formula is C21H23P. The van der Waals surface area contributed by atoms with E-state index in [1.807, 2.05) is 0 Å². The molecule has 1 heteroatoms. The first-order valence-electron chi connectivity index (χ1n) is 7.40. The van der Waals surface area contributed by atoms with Crippen LogP contribution in [0.15, 0.2) is 66.7 Å². The molecule has 0 heterocycles. The lowest BCUT2D eigenvalue weighted by atomic mass is 9.86. The van der Waals surface area contributed by atoms with Gasteiger partial charge in [-0.3, -0.25) is 0 Å². The lowest BCUT2D eigenvalue weighted by molar-refractivity contribution is 1.32. The number of hydrogen-bond donors (Lipinski definition) is 0. The highest BCUT2D eigenvalue weighted by atomic mass is 31.0. The highest BCUT2D eigenvalue weighted by molar-refractivity contribution is 6.92. The van der Waals surface area contributed by atoms with Crippen LogP contribution in [0.1, 0.15) is 16.7 Å². The van der Waals surface area contributed by atoms with Gasteiger partial charge in [-0.2, -0.15) is 9.90 Å². The third-order valence-corrected chi connectivity index (χ3v) is 4.10. The van der Waals surface area contributed by atoms with E-state index in [0.717, 1.165) is 0 Å². The average Bonchev–Trinajstić information content (AvgIpc) is 2.49. The Labute approximate surface area is 136 Å². The lowest BCUT2D eigenvalue weighted by Gasteiger charge is -2.18. The van der Waals surface area contributed by atoms with Crippen LogP contribution < -0.4 is 0 Å². The Morgan fingerprint density at radius 2 is 0.909 bits per heavy atom. The second kappa shape index (κ2) is 6.90. The second-order valence-electron chi connectivity index (χ2n) is 5.62. The van der Waals surface area contributed by atoms with Gasteiger partial charge in [-0.15, -0.1) is 0 Å². The lowest BCUT2D eigenvalue weighted by Crippen LogP contribution is -1.95. The normalized spacial score (nSPS) is 10.1. The van der Waals surface area contributed by atoms with Crippen LogP contribution in [0.4, 0.5) is 0 Å². The quantitative estimate of drug-likeness (QED) is 0.509. The first-order valence-corrected chi connectivity index (χ1v) is 7.40. The van der Waals surface area contributed by atoms with E-state index >= 15 is 0 Å². The van der Waals surface area contributed by atoms with Crippen LogP contribution in [0.5, 0.6) is 0 Å². The Kier molecular flexibility index (Phi) is 5.16. The van der Waals surface area contributed by atoms with Crippen molar-refractivity contribution in [2.45, 2.75) is 20.8 Å².